The van der Waals surface area contributed by atoms with Crippen LogP contribution in [0.1, 0.15) is 68.4 Å². The molecule has 1 saturated heterocycles. The first-order valence-corrected chi connectivity index (χ1v) is 17.0. The van der Waals surface area contributed by atoms with E-state index in [1.54, 1.807) is 46.8 Å². The van der Waals surface area contributed by atoms with Gasteiger partial charge in [-0.05, 0) is 57.9 Å². The van der Waals surface area contributed by atoms with E-state index in [-0.39, 0.29) is 31.8 Å². The topological polar surface area (TPSA) is 231 Å². The van der Waals surface area contributed by atoms with Gasteiger partial charge in [0.25, 0.3) is 5.91 Å². The number of carbonyl (C=O) groups is 4. The number of carboxylic acids is 1. The molecule has 0 radical (unpaired) electrons. The number of rotatable bonds is 3. The molecule has 0 aromatic heterocycles. The number of ether oxygens (including phenoxy) is 5. The van der Waals surface area contributed by atoms with E-state index >= 15 is 0 Å². The Labute approximate surface area is 297 Å². The molecule has 3 aliphatic rings. The van der Waals surface area contributed by atoms with Crippen LogP contribution in [0.25, 0.3) is 0 Å². The van der Waals surface area contributed by atoms with Crippen molar-refractivity contribution in [2.45, 2.75) is 109 Å². The van der Waals surface area contributed by atoms with Gasteiger partial charge in [-0.2, -0.15) is 0 Å². The molecule has 0 saturated carbocycles. The van der Waals surface area contributed by atoms with E-state index in [9.17, 15) is 39.6 Å². The fourth-order valence-corrected chi connectivity index (χ4v) is 5.85. The van der Waals surface area contributed by atoms with E-state index in [1.165, 1.54) is 19.1 Å². The van der Waals surface area contributed by atoms with Crippen LogP contribution in [0, 0.1) is 13.8 Å². The molecule has 16 heteroatoms. The van der Waals surface area contributed by atoms with Gasteiger partial charge in [-0.15, -0.1) is 0 Å². The second kappa shape index (κ2) is 18.6. The second-order valence-electron chi connectivity index (χ2n) is 13.9. The third kappa shape index (κ3) is 12.4. The Morgan fingerprint density at radius 1 is 0.980 bits per heavy atom. The van der Waals surface area contributed by atoms with E-state index in [0.29, 0.717) is 36.5 Å². The van der Waals surface area contributed by atoms with Crippen LogP contribution in [0.15, 0.2) is 24.3 Å². The second-order valence-corrected chi connectivity index (χ2v) is 13.9. The number of carboxylic acid groups (broad SMARTS) is 1. The van der Waals surface area contributed by atoms with Gasteiger partial charge in [0, 0.05) is 44.9 Å². The summed E-state index contributed by atoms with van der Waals surface area (Å²) in [6, 6.07) is 1.37. The lowest BCUT2D eigenvalue weighted by Crippen LogP contribution is -2.67. The van der Waals surface area contributed by atoms with Gasteiger partial charge in [-0.25, -0.2) is 9.59 Å². The number of aliphatic hydroxyl groups is 3. The maximum absolute atomic E-state index is 13.1. The number of fused-ring (bicyclic) bond motifs is 17. The van der Waals surface area contributed by atoms with Crippen molar-refractivity contribution in [1.29, 1.82) is 0 Å². The summed E-state index contributed by atoms with van der Waals surface area (Å²) in [5.74, 6) is -1.98. The van der Waals surface area contributed by atoms with Crippen molar-refractivity contribution < 1.29 is 63.3 Å². The van der Waals surface area contributed by atoms with E-state index in [1.807, 2.05) is 0 Å². The number of aliphatic hydroxyl groups excluding tert-OH is 3. The van der Waals surface area contributed by atoms with Crippen molar-refractivity contribution in [2.24, 2.45) is 0 Å². The molecule has 51 heavy (non-hydrogen) atoms. The minimum atomic E-state index is -2.06. The highest BCUT2D eigenvalue weighted by molar-refractivity contribution is 5.95. The fourth-order valence-electron chi connectivity index (χ4n) is 5.85. The number of benzene rings is 1. The summed E-state index contributed by atoms with van der Waals surface area (Å²) in [4.78, 5) is 50.2. The zero-order valence-electron chi connectivity index (χ0n) is 30.1. The Morgan fingerprint density at radius 2 is 1.65 bits per heavy atom. The first-order chi connectivity index (χ1) is 23.9. The summed E-state index contributed by atoms with van der Waals surface area (Å²) in [7, 11) is 0. The third-order valence-corrected chi connectivity index (χ3v) is 8.22. The highest BCUT2D eigenvalue weighted by atomic mass is 16.6. The molecule has 4 rings (SSSR count). The van der Waals surface area contributed by atoms with Gasteiger partial charge in [0.05, 0.1) is 50.7 Å². The van der Waals surface area contributed by atoms with Gasteiger partial charge in [-0.1, -0.05) is 12.2 Å². The first kappa shape index (κ1) is 41.6. The number of carbonyl (C=O) groups excluding carboxylic acids is 3. The number of nitrogens with one attached hydrogen (secondary N) is 3. The summed E-state index contributed by atoms with van der Waals surface area (Å²) in [5, 5.41) is 51.2. The van der Waals surface area contributed by atoms with Crippen LogP contribution in [-0.4, -0.2) is 132 Å². The van der Waals surface area contributed by atoms with Crippen molar-refractivity contribution in [3.05, 3.63) is 41.0 Å². The molecule has 1 fully saturated rings. The number of hydrogen-bond acceptors (Lipinski definition) is 12. The average Bonchev–Trinajstić information content (AvgIpc) is 3.02. The van der Waals surface area contributed by atoms with Crippen molar-refractivity contribution in [2.75, 3.05) is 39.6 Å². The first-order valence-electron chi connectivity index (χ1n) is 17.0. The van der Waals surface area contributed by atoms with Crippen molar-refractivity contribution in [1.82, 2.24) is 16.0 Å². The standard InChI is InChI=1S/C35H53N3O13/c1-20-14-23-15-21(2)29(20)49-13-9-12-48-19-24(38-33(46)51-34(4,5)6)18-47-11-8-7-10-35(32(44)45)16-25(40)27(37-22(3)39)30(50-35)28(42)26(41)17-36-31(23)43/h7-8,14-15,24-28,30,40-42H,9-13,16-19H2,1-6H3,(H,36,43)(H,37,39)(H,38,46)(H,44,45)/b8-7+/t24?,25-,26+,27?,28+,30?,35+/m0/s1. The Bertz CT molecular complexity index is 1370. The van der Waals surface area contributed by atoms with E-state index < -0.39 is 84.5 Å². The van der Waals surface area contributed by atoms with Gasteiger partial charge in [-0.3, -0.25) is 9.59 Å². The number of hydrogen-bond donors (Lipinski definition) is 7. The van der Waals surface area contributed by atoms with Gasteiger partial charge in [0.1, 0.15) is 23.6 Å². The summed E-state index contributed by atoms with van der Waals surface area (Å²) in [6.07, 6.45) is -4.43. The maximum atomic E-state index is 13.1. The molecule has 1 aromatic rings. The zero-order valence-corrected chi connectivity index (χ0v) is 30.1. The number of aliphatic carboxylic acids is 1. The number of aryl methyl sites for hydroxylation is 2. The molecule has 3 heterocycles. The van der Waals surface area contributed by atoms with E-state index in [0.717, 1.165) is 0 Å². The molecule has 3 unspecified atom stereocenters. The number of alkyl carbamates (subject to hydrolysis) is 1. The Kier molecular flexibility index (Phi) is 15.2. The molecule has 0 spiro atoms. The molecule has 0 aliphatic carbocycles. The van der Waals surface area contributed by atoms with Crippen LogP contribution in [0.5, 0.6) is 5.75 Å². The lowest BCUT2D eigenvalue weighted by atomic mass is 9.81. The molecule has 3 aliphatic heterocycles. The van der Waals surface area contributed by atoms with Crippen LogP contribution in [0.4, 0.5) is 4.79 Å². The summed E-state index contributed by atoms with van der Waals surface area (Å²) < 4.78 is 28.8. The van der Waals surface area contributed by atoms with Crippen LogP contribution >= 0.6 is 0 Å². The van der Waals surface area contributed by atoms with Gasteiger partial charge >= 0.3 is 12.1 Å². The molecule has 16 nitrogen and oxygen atoms in total. The average molecular weight is 724 g/mol. The Balaban J connectivity index is 1.88. The normalized spacial score (nSPS) is 29.6. The van der Waals surface area contributed by atoms with Crippen molar-refractivity contribution >= 4 is 23.9 Å². The Hall–Kier alpha value is -3.80. The summed E-state index contributed by atoms with van der Waals surface area (Å²) in [5.41, 5.74) is -1.13. The summed E-state index contributed by atoms with van der Waals surface area (Å²) >= 11 is 0. The largest absolute Gasteiger partial charge is 0.493 e. The molecular formula is C35H53N3O13. The highest BCUT2D eigenvalue weighted by Gasteiger charge is 2.54. The smallest absolute Gasteiger partial charge is 0.408 e. The summed E-state index contributed by atoms with van der Waals surface area (Å²) in [6.45, 7) is 10.3. The molecule has 7 N–H and O–H groups in total. The molecule has 3 amide bonds. The van der Waals surface area contributed by atoms with Gasteiger partial charge in [0.2, 0.25) is 5.91 Å². The monoisotopic (exact) mass is 723 g/mol. The predicted molar refractivity (Wildman–Crippen MR) is 182 cm³/mol. The van der Waals surface area contributed by atoms with Crippen molar-refractivity contribution in [3.8, 4) is 5.75 Å². The lowest BCUT2D eigenvalue weighted by molar-refractivity contribution is -0.226. The predicted octanol–water partition coefficient (Wildman–Crippen LogP) is 0.888. The third-order valence-electron chi connectivity index (χ3n) is 8.22. The molecule has 7 atom stereocenters. The van der Waals surface area contributed by atoms with E-state index in [4.69, 9.17) is 23.7 Å². The number of amides is 3. The SMILES string of the molecule is CC(=O)NC1C2O[C@](C(=O)O)(C/C=C/COCC(NC(=O)OC(C)(C)C)COCCCOc3c(C)cc(cc3C)C(=O)NC[C@@H](O)[C@H]2O)C[C@@H]1O. The molecular weight excluding hydrogens is 670 g/mol. The lowest BCUT2D eigenvalue weighted by Gasteiger charge is -2.47. The van der Waals surface area contributed by atoms with Crippen LogP contribution < -0.4 is 20.7 Å². The Morgan fingerprint density at radius 3 is 2.27 bits per heavy atom. The zero-order chi connectivity index (χ0) is 37.9. The van der Waals surface area contributed by atoms with Crippen LogP contribution in [0.2, 0.25) is 0 Å². The van der Waals surface area contributed by atoms with Crippen LogP contribution in [0.3, 0.4) is 0 Å². The maximum Gasteiger partial charge on any atom is 0.408 e. The highest BCUT2D eigenvalue weighted by Crippen LogP contribution is 2.35. The van der Waals surface area contributed by atoms with Crippen LogP contribution in [-0.2, 0) is 28.5 Å². The molecule has 4 bridgehead atoms. The van der Waals surface area contributed by atoms with Gasteiger partial charge < -0.3 is 60.1 Å². The van der Waals surface area contributed by atoms with E-state index in [2.05, 4.69) is 16.0 Å². The molecule has 286 valence electrons. The van der Waals surface area contributed by atoms with Crippen molar-refractivity contribution in [3.63, 3.8) is 0 Å². The molecule has 1 aromatic carbocycles. The minimum absolute atomic E-state index is 0.00886. The minimum Gasteiger partial charge on any atom is -0.493 e. The van der Waals surface area contributed by atoms with Gasteiger partial charge in [0.15, 0.2) is 5.60 Å². The fraction of sp³-hybridized carbons (Fsp3) is 0.657. The quantitative estimate of drug-likeness (QED) is 0.215.